The molecule has 2 N–H and O–H groups in total. The first-order chi connectivity index (χ1) is 9.15. The van der Waals surface area contributed by atoms with Gasteiger partial charge in [0.1, 0.15) is 5.82 Å². The van der Waals surface area contributed by atoms with Crippen LogP contribution in [-0.4, -0.2) is 9.97 Å². The Hall–Kier alpha value is -2.49. The monoisotopic (exact) mass is 253 g/mol. The number of fused-ring (bicyclic) bond motifs is 1. The third kappa shape index (κ3) is 2.01. The highest BCUT2D eigenvalue weighted by atomic mass is 19.1. The van der Waals surface area contributed by atoms with Crippen molar-refractivity contribution >= 4 is 16.6 Å². The fraction of sp³-hybridized carbons (Fsp3) is 0.0667. The molecule has 0 spiro atoms. The normalized spacial score (nSPS) is 10.8. The maximum Gasteiger partial charge on any atom is 0.213 e. The molecule has 4 heteroatoms. The first-order valence-corrected chi connectivity index (χ1v) is 5.93. The van der Waals surface area contributed by atoms with Gasteiger partial charge in [0.05, 0.1) is 5.69 Å². The Balaban J connectivity index is 2.35. The molecular weight excluding hydrogens is 241 g/mol. The lowest BCUT2D eigenvalue weighted by atomic mass is 10.0. The van der Waals surface area contributed by atoms with Crippen molar-refractivity contribution in [3.63, 3.8) is 0 Å². The molecular formula is C15H12FN3. The van der Waals surface area contributed by atoms with Gasteiger partial charge in [-0.1, -0.05) is 24.3 Å². The van der Waals surface area contributed by atoms with Crippen molar-refractivity contribution in [2.45, 2.75) is 6.92 Å². The Labute approximate surface area is 109 Å². The average Bonchev–Trinajstić information content (AvgIpc) is 2.38. The van der Waals surface area contributed by atoms with Crippen molar-refractivity contribution in [1.29, 1.82) is 0 Å². The summed E-state index contributed by atoms with van der Waals surface area (Å²) >= 11 is 0. The lowest BCUT2D eigenvalue weighted by Crippen LogP contribution is -1.96. The number of aryl methyl sites for hydroxylation is 1. The Morgan fingerprint density at radius 3 is 2.74 bits per heavy atom. The molecule has 19 heavy (non-hydrogen) atoms. The van der Waals surface area contributed by atoms with Crippen molar-refractivity contribution in [3.05, 3.63) is 54.1 Å². The van der Waals surface area contributed by atoms with Gasteiger partial charge in [-0.15, -0.1) is 0 Å². The summed E-state index contributed by atoms with van der Waals surface area (Å²) in [5.41, 5.74) is 8.16. The van der Waals surface area contributed by atoms with Crippen LogP contribution in [0.1, 0.15) is 5.56 Å². The lowest BCUT2D eigenvalue weighted by Gasteiger charge is -2.09. The van der Waals surface area contributed by atoms with Gasteiger partial charge in [-0.2, -0.15) is 4.39 Å². The summed E-state index contributed by atoms with van der Waals surface area (Å²) in [5, 5.41) is 1.99. The van der Waals surface area contributed by atoms with Gasteiger partial charge >= 0.3 is 0 Å². The summed E-state index contributed by atoms with van der Waals surface area (Å²) in [7, 11) is 0. The van der Waals surface area contributed by atoms with Gasteiger partial charge in [0.25, 0.3) is 0 Å². The van der Waals surface area contributed by atoms with E-state index in [4.69, 9.17) is 5.73 Å². The van der Waals surface area contributed by atoms with Crippen molar-refractivity contribution in [2.75, 3.05) is 5.73 Å². The summed E-state index contributed by atoms with van der Waals surface area (Å²) in [6.07, 6.45) is 1.50. The molecule has 0 amide bonds. The zero-order valence-corrected chi connectivity index (χ0v) is 10.4. The van der Waals surface area contributed by atoms with Gasteiger partial charge < -0.3 is 5.73 Å². The van der Waals surface area contributed by atoms with Gasteiger partial charge in [-0.3, -0.25) is 0 Å². The lowest BCUT2D eigenvalue weighted by molar-refractivity contribution is 0.583. The number of hydrogen-bond acceptors (Lipinski definition) is 3. The highest BCUT2D eigenvalue weighted by molar-refractivity contribution is 5.96. The van der Waals surface area contributed by atoms with Crippen LogP contribution in [0.2, 0.25) is 0 Å². The molecule has 3 nitrogen and oxygen atoms in total. The largest absolute Gasteiger partial charge is 0.384 e. The molecule has 94 valence electrons. The van der Waals surface area contributed by atoms with Gasteiger partial charge in [0.2, 0.25) is 5.95 Å². The second-order valence-electron chi connectivity index (χ2n) is 4.44. The molecule has 0 unspecified atom stereocenters. The Kier molecular flexibility index (Phi) is 2.63. The highest BCUT2D eigenvalue weighted by Gasteiger charge is 2.10. The number of halogens is 1. The predicted octanol–water partition coefficient (Wildman–Crippen LogP) is 3.33. The molecule has 0 aliphatic rings. The second kappa shape index (κ2) is 4.31. The molecule has 2 aromatic heterocycles. The average molecular weight is 253 g/mol. The Morgan fingerprint density at radius 2 is 1.95 bits per heavy atom. The molecule has 0 aliphatic heterocycles. The second-order valence-corrected chi connectivity index (χ2v) is 4.44. The zero-order valence-electron chi connectivity index (χ0n) is 10.4. The number of anilines is 1. The smallest absolute Gasteiger partial charge is 0.213 e. The van der Waals surface area contributed by atoms with E-state index >= 15 is 0 Å². The maximum atomic E-state index is 13.1. The molecule has 0 aliphatic carbocycles. The van der Waals surface area contributed by atoms with Gasteiger partial charge in [0, 0.05) is 17.1 Å². The van der Waals surface area contributed by atoms with Crippen LogP contribution in [0.4, 0.5) is 10.2 Å². The fourth-order valence-electron chi connectivity index (χ4n) is 2.19. The van der Waals surface area contributed by atoms with E-state index in [1.165, 1.54) is 12.3 Å². The van der Waals surface area contributed by atoms with E-state index in [1.807, 2.05) is 37.3 Å². The number of nitrogen functional groups attached to an aromatic ring is 1. The van der Waals surface area contributed by atoms with Crippen molar-refractivity contribution in [2.24, 2.45) is 0 Å². The summed E-state index contributed by atoms with van der Waals surface area (Å²) < 4.78 is 13.1. The van der Waals surface area contributed by atoms with Crippen LogP contribution < -0.4 is 5.73 Å². The summed E-state index contributed by atoms with van der Waals surface area (Å²) in [6, 6.07) is 11.1. The van der Waals surface area contributed by atoms with E-state index in [9.17, 15) is 4.39 Å². The van der Waals surface area contributed by atoms with Crippen LogP contribution in [-0.2, 0) is 0 Å². The van der Waals surface area contributed by atoms with Gasteiger partial charge in [0.15, 0.2) is 0 Å². The molecule has 0 fully saturated rings. The van der Waals surface area contributed by atoms with E-state index in [2.05, 4.69) is 9.97 Å². The third-order valence-corrected chi connectivity index (χ3v) is 3.09. The number of aromatic nitrogens is 2. The molecule has 3 rings (SSSR count). The summed E-state index contributed by atoms with van der Waals surface area (Å²) in [5.74, 6) is -0.0492. The van der Waals surface area contributed by atoms with E-state index in [0.29, 0.717) is 5.82 Å². The molecule has 2 heterocycles. The van der Waals surface area contributed by atoms with Crippen LogP contribution in [0.3, 0.4) is 0 Å². The number of benzene rings is 1. The number of pyridine rings is 2. The molecule has 0 radical (unpaired) electrons. The molecule has 0 atom stereocenters. The molecule has 0 saturated heterocycles. The highest BCUT2D eigenvalue weighted by Crippen LogP contribution is 2.30. The van der Waals surface area contributed by atoms with E-state index in [-0.39, 0.29) is 0 Å². The zero-order chi connectivity index (χ0) is 13.4. The van der Waals surface area contributed by atoms with Crippen molar-refractivity contribution in [1.82, 2.24) is 9.97 Å². The molecule has 3 aromatic rings. The first kappa shape index (κ1) is 11.6. The SMILES string of the molecule is Cc1cc(F)ncc1-c1nc(N)cc2ccccc12. The van der Waals surface area contributed by atoms with E-state index < -0.39 is 5.95 Å². The summed E-state index contributed by atoms with van der Waals surface area (Å²) in [4.78, 5) is 8.08. The summed E-state index contributed by atoms with van der Waals surface area (Å²) in [6.45, 7) is 1.83. The van der Waals surface area contributed by atoms with E-state index in [1.54, 1.807) is 0 Å². The standard InChI is InChI=1S/C15H12FN3/c1-9-6-13(16)18-8-12(9)15-11-5-3-2-4-10(11)7-14(17)19-15/h2-8H,1H3,(H2,17,19). The van der Waals surface area contributed by atoms with Crippen LogP contribution in [0.5, 0.6) is 0 Å². The fourth-order valence-corrected chi connectivity index (χ4v) is 2.19. The predicted molar refractivity (Wildman–Crippen MR) is 74.1 cm³/mol. The molecule has 1 aromatic carbocycles. The first-order valence-electron chi connectivity index (χ1n) is 5.93. The number of nitrogens with two attached hydrogens (primary N) is 1. The van der Waals surface area contributed by atoms with Gasteiger partial charge in [-0.05, 0) is 30.0 Å². The minimum absolute atomic E-state index is 0.442. The Bertz CT molecular complexity index is 768. The Morgan fingerprint density at radius 1 is 1.16 bits per heavy atom. The third-order valence-electron chi connectivity index (χ3n) is 3.09. The van der Waals surface area contributed by atoms with Gasteiger partial charge in [-0.25, -0.2) is 9.97 Å². The van der Waals surface area contributed by atoms with Crippen LogP contribution in [0, 0.1) is 12.9 Å². The quantitative estimate of drug-likeness (QED) is 0.677. The number of nitrogens with zero attached hydrogens (tertiary/aromatic N) is 2. The number of rotatable bonds is 1. The van der Waals surface area contributed by atoms with E-state index in [0.717, 1.165) is 27.6 Å². The maximum absolute atomic E-state index is 13.1. The minimum atomic E-state index is -0.491. The van der Waals surface area contributed by atoms with Crippen molar-refractivity contribution < 1.29 is 4.39 Å². The van der Waals surface area contributed by atoms with Crippen LogP contribution in [0.15, 0.2) is 42.6 Å². The minimum Gasteiger partial charge on any atom is -0.384 e. The number of hydrogen-bond donors (Lipinski definition) is 1. The molecule has 0 saturated carbocycles. The topological polar surface area (TPSA) is 51.8 Å². The van der Waals surface area contributed by atoms with Crippen molar-refractivity contribution in [3.8, 4) is 11.3 Å². The van der Waals surface area contributed by atoms with Crippen LogP contribution >= 0.6 is 0 Å². The van der Waals surface area contributed by atoms with Crippen LogP contribution in [0.25, 0.3) is 22.0 Å². The molecule has 0 bridgehead atoms.